The minimum Gasteiger partial charge on any atom is -0.486 e. The number of anilines is 2. The Kier molecular flexibility index (Phi) is 5.32. The van der Waals surface area contributed by atoms with Crippen LogP contribution in [-0.2, 0) is 0 Å². The molecule has 4 aromatic rings. The Balaban J connectivity index is 1.33. The highest BCUT2D eigenvalue weighted by Gasteiger charge is 2.16. The van der Waals surface area contributed by atoms with Crippen LogP contribution in [-0.4, -0.2) is 35.0 Å². The van der Waals surface area contributed by atoms with Gasteiger partial charge in [-0.3, -0.25) is 19.6 Å². The monoisotopic (exact) mass is 440 g/mol. The average molecular weight is 440 g/mol. The molecule has 0 saturated carbocycles. The highest BCUT2D eigenvalue weighted by atomic mass is 16.6. The minimum atomic E-state index is -0.299. The highest BCUT2D eigenvalue weighted by molar-refractivity contribution is 6.07. The molecule has 1 aliphatic rings. The molecule has 8 nitrogen and oxygen atoms in total. The van der Waals surface area contributed by atoms with Gasteiger partial charge in [-0.2, -0.15) is 0 Å². The Bertz CT molecular complexity index is 1390. The summed E-state index contributed by atoms with van der Waals surface area (Å²) in [5.74, 6) is 0.577. The van der Waals surface area contributed by atoms with Crippen molar-refractivity contribution in [3.63, 3.8) is 0 Å². The molecule has 2 aromatic heterocycles. The average Bonchev–Trinajstić information content (AvgIpc) is 2.85. The number of carbonyl (C=O) groups excluding carboxylic acids is 2. The molecule has 2 N–H and O–H groups in total. The number of rotatable bonds is 4. The summed E-state index contributed by atoms with van der Waals surface area (Å²) in [6.07, 6.45) is 4.85. The molecule has 0 unspecified atom stereocenters. The molecule has 164 valence electrons. The Morgan fingerprint density at radius 3 is 2.55 bits per heavy atom. The van der Waals surface area contributed by atoms with Crippen LogP contribution in [0.25, 0.3) is 10.9 Å². The zero-order chi connectivity index (χ0) is 22.8. The number of hydrogen-bond acceptors (Lipinski definition) is 6. The SMILES string of the molecule is Cc1ccc(NC(=O)c2ccc3c(c2)OCCO3)cc1NC(=O)c1cnc2ccncc2c1. The lowest BCUT2D eigenvalue weighted by Gasteiger charge is -2.18. The van der Waals surface area contributed by atoms with Crippen molar-refractivity contribution < 1.29 is 19.1 Å². The van der Waals surface area contributed by atoms with Gasteiger partial charge in [0.15, 0.2) is 11.5 Å². The molecule has 0 bridgehead atoms. The lowest BCUT2D eigenvalue weighted by Crippen LogP contribution is -2.17. The maximum atomic E-state index is 12.8. The third kappa shape index (κ3) is 4.31. The molecule has 1 aliphatic heterocycles. The Morgan fingerprint density at radius 2 is 1.67 bits per heavy atom. The van der Waals surface area contributed by atoms with Crippen LogP contribution in [0.1, 0.15) is 26.3 Å². The lowest BCUT2D eigenvalue weighted by atomic mass is 10.1. The fourth-order valence-electron chi connectivity index (χ4n) is 3.51. The summed E-state index contributed by atoms with van der Waals surface area (Å²) >= 11 is 0. The smallest absolute Gasteiger partial charge is 0.257 e. The number of carbonyl (C=O) groups is 2. The van der Waals surface area contributed by atoms with Gasteiger partial charge >= 0.3 is 0 Å². The quantitative estimate of drug-likeness (QED) is 0.493. The Morgan fingerprint density at radius 1 is 0.848 bits per heavy atom. The van der Waals surface area contributed by atoms with Gasteiger partial charge in [-0.15, -0.1) is 0 Å². The third-order valence-corrected chi connectivity index (χ3v) is 5.29. The molecule has 0 aliphatic carbocycles. The normalized spacial score (nSPS) is 12.3. The summed E-state index contributed by atoms with van der Waals surface area (Å²) in [6.45, 7) is 2.81. The van der Waals surface area contributed by atoms with Crippen molar-refractivity contribution in [2.45, 2.75) is 6.92 Å². The first-order valence-electron chi connectivity index (χ1n) is 10.4. The first kappa shape index (κ1) is 20.4. The zero-order valence-corrected chi connectivity index (χ0v) is 17.8. The van der Waals surface area contributed by atoms with E-state index in [1.54, 1.807) is 54.9 Å². The molecule has 0 fully saturated rings. The highest BCUT2D eigenvalue weighted by Crippen LogP contribution is 2.31. The van der Waals surface area contributed by atoms with Gasteiger partial charge in [-0.25, -0.2) is 0 Å². The summed E-state index contributed by atoms with van der Waals surface area (Å²) in [7, 11) is 0. The number of benzene rings is 2. The predicted molar refractivity (Wildman–Crippen MR) is 124 cm³/mol. The van der Waals surface area contributed by atoms with E-state index in [1.807, 2.05) is 13.0 Å². The van der Waals surface area contributed by atoms with E-state index in [0.29, 0.717) is 47.2 Å². The van der Waals surface area contributed by atoms with Crippen molar-refractivity contribution in [3.8, 4) is 11.5 Å². The molecule has 2 aromatic carbocycles. The van der Waals surface area contributed by atoms with Crippen LogP contribution >= 0.6 is 0 Å². The van der Waals surface area contributed by atoms with Crippen molar-refractivity contribution in [3.05, 3.63) is 83.8 Å². The summed E-state index contributed by atoms with van der Waals surface area (Å²) in [6, 6.07) is 13.9. The van der Waals surface area contributed by atoms with Crippen LogP contribution in [0.5, 0.6) is 11.5 Å². The Hall–Kier alpha value is -4.46. The standard InChI is InChI=1S/C25H20N4O4/c1-15-2-4-19(28-24(30)16-3-5-22-23(11-16)33-9-8-32-22)12-21(15)29-25(31)18-10-17-13-26-7-6-20(17)27-14-18/h2-7,10-14H,8-9H2,1H3,(H,28,30)(H,29,31). The molecule has 2 amide bonds. The van der Waals surface area contributed by atoms with Crippen molar-refractivity contribution in [1.82, 2.24) is 9.97 Å². The number of nitrogens with zero attached hydrogens (tertiary/aromatic N) is 2. The van der Waals surface area contributed by atoms with E-state index in [-0.39, 0.29) is 11.8 Å². The number of fused-ring (bicyclic) bond motifs is 2. The van der Waals surface area contributed by atoms with Gasteiger partial charge in [-0.1, -0.05) is 6.07 Å². The maximum absolute atomic E-state index is 12.8. The number of aromatic nitrogens is 2. The van der Waals surface area contributed by atoms with E-state index in [4.69, 9.17) is 9.47 Å². The van der Waals surface area contributed by atoms with E-state index < -0.39 is 0 Å². The molecular formula is C25H20N4O4. The lowest BCUT2D eigenvalue weighted by molar-refractivity contribution is 0.101. The molecule has 0 radical (unpaired) electrons. The summed E-state index contributed by atoms with van der Waals surface area (Å²) in [5, 5.41) is 6.54. The number of aryl methyl sites for hydroxylation is 1. The van der Waals surface area contributed by atoms with Crippen molar-refractivity contribution in [1.29, 1.82) is 0 Å². The Labute approximate surface area is 189 Å². The van der Waals surface area contributed by atoms with Crippen molar-refractivity contribution in [2.24, 2.45) is 0 Å². The third-order valence-electron chi connectivity index (χ3n) is 5.29. The van der Waals surface area contributed by atoms with Crippen LogP contribution in [0.4, 0.5) is 11.4 Å². The van der Waals surface area contributed by atoms with E-state index in [0.717, 1.165) is 16.5 Å². The van der Waals surface area contributed by atoms with Gasteiger partial charge in [0.25, 0.3) is 11.8 Å². The van der Waals surface area contributed by atoms with E-state index in [1.165, 1.54) is 6.20 Å². The fraction of sp³-hybridized carbons (Fsp3) is 0.120. The number of pyridine rings is 2. The molecule has 3 heterocycles. The number of ether oxygens (including phenoxy) is 2. The van der Waals surface area contributed by atoms with Crippen LogP contribution in [0.2, 0.25) is 0 Å². The van der Waals surface area contributed by atoms with Gasteiger partial charge in [0.05, 0.1) is 11.1 Å². The minimum absolute atomic E-state index is 0.292. The largest absolute Gasteiger partial charge is 0.486 e. The van der Waals surface area contributed by atoms with Gasteiger partial charge in [-0.05, 0) is 55.0 Å². The van der Waals surface area contributed by atoms with Crippen LogP contribution < -0.4 is 20.1 Å². The van der Waals surface area contributed by atoms with E-state index in [9.17, 15) is 9.59 Å². The number of amides is 2. The molecule has 0 spiro atoms. The van der Waals surface area contributed by atoms with Crippen molar-refractivity contribution >= 4 is 34.1 Å². The number of nitrogens with one attached hydrogen (secondary N) is 2. The fourth-order valence-corrected chi connectivity index (χ4v) is 3.51. The second kappa shape index (κ2) is 8.58. The second-order valence-corrected chi connectivity index (χ2v) is 7.59. The number of hydrogen-bond donors (Lipinski definition) is 2. The van der Waals surface area contributed by atoms with Crippen molar-refractivity contribution in [2.75, 3.05) is 23.8 Å². The van der Waals surface area contributed by atoms with Crippen LogP contribution in [0, 0.1) is 6.92 Å². The van der Waals surface area contributed by atoms with Gasteiger partial charge in [0.2, 0.25) is 0 Å². The maximum Gasteiger partial charge on any atom is 0.257 e. The van der Waals surface area contributed by atoms with Gasteiger partial charge in [0, 0.05) is 40.9 Å². The second-order valence-electron chi connectivity index (χ2n) is 7.59. The van der Waals surface area contributed by atoms with Gasteiger partial charge < -0.3 is 20.1 Å². The summed E-state index contributed by atoms with van der Waals surface area (Å²) < 4.78 is 11.0. The van der Waals surface area contributed by atoms with E-state index >= 15 is 0 Å². The molecular weight excluding hydrogens is 420 g/mol. The van der Waals surface area contributed by atoms with Crippen LogP contribution in [0.3, 0.4) is 0 Å². The molecule has 0 saturated heterocycles. The summed E-state index contributed by atoms with van der Waals surface area (Å²) in [5.41, 5.74) is 3.63. The van der Waals surface area contributed by atoms with E-state index in [2.05, 4.69) is 20.6 Å². The first-order chi connectivity index (χ1) is 16.1. The molecule has 33 heavy (non-hydrogen) atoms. The molecule has 5 rings (SSSR count). The molecule has 8 heteroatoms. The predicted octanol–water partition coefficient (Wildman–Crippen LogP) is 4.21. The van der Waals surface area contributed by atoms with Gasteiger partial charge in [0.1, 0.15) is 13.2 Å². The zero-order valence-electron chi connectivity index (χ0n) is 17.8. The topological polar surface area (TPSA) is 102 Å². The first-order valence-corrected chi connectivity index (χ1v) is 10.4. The van der Waals surface area contributed by atoms with Crippen LogP contribution in [0.15, 0.2) is 67.1 Å². The summed E-state index contributed by atoms with van der Waals surface area (Å²) in [4.78, 5) is 34.0. The molecule has 0 atom stereocenters.